The summed E-state index contributed by atoms with van der Waals surface area (Å²) in [6.45, 7) is 12.2. The van der Waals surface area contributed by atoms with Crippen LogP contribution in [0.5, 0.6) is 0 Å². The summed E-state index contributed by atoms with van der Waals surface area (Å²) in [5, 5.41) is 12.7. The molecule has 1 unspecified atom stereocenters. The predicted molar refractivity (Wildman–Crippen MR) is 84.7 cm³/mol. The molecule has 1 fully saturated rings. The molecule has 1 rings (SSSR count). The van der Waals surface area contributed by atoms with Gasteiger partial charge in [0.25, 0.3) is 0 Å². The Balaban J connectivity index is 2.22. The van der Waals surface area contributed by atoms with Crippen LogP contribution in [0.4, 0.5) is 0 Å². The Kier molecular flexibility index (Phi) is 7.50. The SMILES string of the molecule is CC(C)NC(C)(C#N)CCCCN1CCCN(C)CC1. The highest BCUT2D eigenvalue weighted by atomic mass is 15.2. The number of rotatable bonds is 7. The number of nitrogens with zero attached hydrogens (tertiary/aromatic N) is 3. The summed E-state index contributed by atoms with van der Waals surface area (Å²) < 4.78 is 0. The zero-order valence-corrected chi connectivity index (χ0v) is 13.8. The summed E-state index contributed by atoms with van der Waals surface area (Å²) in [4.78, 5) is 4.99. The number of nitrogens with one attached hydrogen (secondary N) is 1. The van der Waals surface area contributed by atoms with Gasteiger partial charge in [0.05, 0.1) is 6.07 Å². The summed E-state index contributed by atoms with van der Waals surface area (Å²) in [6.07, 6.45) is 4.54. The van der Waals surface area contributed by atoms with Crippen molar-refractivity contribution in [2.24, 2.45) is 0 Å². The number of hydrogen-bond acceptors (Lipinski definition) is 4. The van der Waals surface area contributed by atoms with Gasteiger partial charge in [0, 0.05) is 19.1 Å². The lowest BCUT2D eigenvalue weighted by atomic mass is 9.95. The average molecular weight is 280 g/mol. The molecule has 0 spiro atoms. The van der Waals surface area contributed by atoms with Crippen LogP contribution in [-0.4, -0.2) is 61.2 Å². The molecule has 1 saturated heterocycles. The second-order valence-electron chi connectivity index (χ2n) is 6.70. The van der Waals surface area contributed by atoms with Crippen LogP contribution in [0.3, 0.4) is 0 Å². The summed E-state index contributed by atoms with van der Waals surface area (Å²) in [5.41, 5.74) is -0.368. The fourth-order valence-corrected chi connectivity index (χ4v) is 2.94. The molecule has 4 heteroatoms. The van der Waals surface area contributed by atoms with Crippen LogP contribution < -0.4 is 5.32 Å². The molecular weight excluding hydrogens is 248 g/mol. The molecule has 0 saturated carbocycles. The Labute approximate surface area is 125 Å². The summed E-state index contributed by atoms with van der Waals surface area (Å²) in [5.74, 6) is 0. The fourth-order valence-electron chi connectivity index (χ4n) is 2.94. The highest BCUT2D eigenvalue weighted by Crippen LogP contribution is 2.14. The monoisotopic (exact) mass is 280 g/mol. The second kappa shape index (κ2) is 8.61. The van der Waals surface area contributed by atoms with Gasteiger partial charge in [-0.05, 0) is 73.1 Å². The highest BCUT2D eigenvalue weighted by molar-refractivity contribution is 5.04. The Bertz CT molecular complexity index is 310. The van der Waals surface area contributed by atoms with Gasteiger partial charge in [-0.3, -0.25) is 5.32 Å². The third-order valence-electron chi connectivity index (χ3n) is 4.07. The number of hydrogen-bond donors (Lipinski definition) is 1. The lowest BCUT2D eigenvalue weighted by Gasteiger charge is -2.26. The van der Waals surface area contributed by atoms with E-state index in [1.807, 2.05) is 6.92 Å². The summed E-state index contributed by atoms with van der Waals surface area (Å²) in [7, 11) is 2.21. The molecule has 1 heterocycles. The van der Waals surface area contributed by atoms with E-state index in [9.17, 15) is 5.26 Å². The molecule has 1 aliphatic rings. The van der Waals surface area contributed by atoms with Gasteiger partial charge in [-0.15, -0.1) is 0 Å². The van der Waals surface area contributed by atoms with E-state index in [1.54, 1.807) is 0 Å². The number of unbranched alkanes of at least 4 members (excludes halogenated alkanes) is 1. The van der Waals surface area contributed by atoms with Crippen LogP contribution in [0.2, 0.25) is 0 Å². The minimum atomic E-state index is -0.368. The van der Waals surface area contributed by atoms with Crippen LogP contribution >= 0.6 is 0 Å². The minimum absolute atomic E-state index is 0.362. The zero-order chi connectivity index (χ0) is 15.0. The van der Waals surface area contributed by atoms with Gasteiger partial charge in [0.1, 0.15) is 5.54 Å². The maximum Gasteiger partial charge on any atom is 0.104 e. The Hall–Kier alpha value is -0.630. The van der Waals surface area contributed by atoms with Crippen molar-refractivity contribution in [2.75, 3.05) is 39.8 Å². The van der Waals surface area contributed by atoms with Gasteiger partial charge in [-0.25, -0.2) is 0 Å². The van der Waals surface area contributed by atoms with Crippen molar-refractivity contribution in [3.63, 3.8) is 0 Å². The molecule has 1 aliphatic heterocycles. The highest BCUT2D eigenvalue weighted by Gasteiger charge is 2.23. The Morgan fingerprint density at radius 1 is 1.20 bits per heavy atom. The van der Waals surface area contributed by atoms with E-state index in [4.69, 9.17) is 0 Å². The van der Waals surface area contributed by atoms with Crippen LogP contribution in [-0.2, 0) is 0 Å². The van der Waals surface area contributed by atoms with Gasteiger partial charge in [-0.1, -0.05) is 0 Å². The molecule has 1 N–H and O–H groups in total. The van der Waals surface area contributed by atoms with Gasteiger partial charge in [-0.2, -0.15) is 5.26 Å². The van der Waals surface area contributed by atoms with Crippen LogP contribution in [0, 0.1) is 11.3 Å². The Morgan fingerprint density at radius 3 is 2.60 bits per heavy atom. The standard InChI is InChI=1S/C16H32N4/c1-15(2)18-16(3,14-17)8-5-6-10-20-11-7-9-19(4)12-13-20/h15,18H,5-13H2,1-4H3. The van der Waals surface area contributed by atoms with Crippen molar-refractivity contribution in [3.8, 4) is 6.07 Å². The predicted octanol–water partition coefficient (Wildman–Crippen LogP) is 2.07. The second-order valence-corrected chi connectivity index (χ2v) is 6.70. The quantitative estimate of drug-likeness (QED) is 0.725. The Morgan fingerprint density at radius 2 is 1.95 bits per heavy atom. The first-order chi connectivity index (χ1) is 9.45. The number of nitriles is 1. The molecule has 0 aromatic rings. The molecule has 1 atom stereocenters. The molecular formula is C16H32N4. The maximum absolute atomic E-state index is 9.32. The van der Waals surface area contributed by atoms with Crippen molar-refractivity contribution in [1.29, 1.82) is 5.26 Å². The average Bonchev–Trinajstić information content (AvgIpc) is 2.59. The normalized spacial score (nSPS) is 21.4. The van der Waals surface area contributed by atoms with E-state index < -0.39 is 0 Å². The fraction of sp³-hybridized carbons (Fsp3) is 0.938. The van der Waals surface area contributed by atoms with E-state index in [0.717, 1.165) is 12.8 Å². The first-order valence-electron chi connectivity index (χ1n) is 8.05. The van der Waals surface area contributed by atoms with Gasteiger partial charge in [0.2, 0.25) is 0 Å². The topological polar surface area (TPSA) is 42.3 Å². The van der Waals surface area contributed by atoms with Crippen LogP contribution in [0.15, 0.2) is 0 Å². The third-order valence-corrected chi connectivity index (χ3v) is 4.07. The van der Waals surface area contributed by atoms with Gasteiger partial charge < -0.3 is 9.80 Å². The first kappa shape index (κ1) is 17.4. The van der Waals surface area contributed by atoms with E-state index in [2.05, 4.69) is 42.1 Å². The third kappa shape index (κ3) is 6.69. The molecule has 0 aromatic heterocycles. The molecule has 0 aromatic carbocycles. The molecule has 20 heavy (non-hydrogen) atoms. The van der Waals surface area contributed by atoms with Crippen LogP contribution in [0.25, 0.3) is 0 Å². The lowest BCUT2D eigenvalue weighted by molar-refractivity contribution is 0.265. The van der Waals surface area contributed by atoms with Crippen molar-refractivity contribution >= 4 is 0 Å². The minimum Gasteiger partial charge on any atom is -0.305 e. The maximum atomic E-state index is 9.32. The van der Waals surface area contributed by atoms with Crippen molar-refractivity contribution < 1.29 is 0 Å². The van der Waals surface area contributed by atoms with E-state index in [0.29, 0.717) is 6.04 Å². The van der Waals surface area contributed by atoms with Gasteiger partial charge >= 0.3 is 0 Å². The van der Waals surface area contributed by atoms with Crippen LogP contribution in [0.1, 0.15) is 46.5 Å². The molecule has 4 nitrogen and oxygen atoms in total. The van der Waals surface area contributed by atoms with Gasteiger partial charge in [0.15, 0.2) is 0 Å². The lowest BCUT2D eigenvalue weighted by Crippen LogP contribution is -2.45. The largest absolute Gasteiger partial charge is 0.305 e. The molecule has 0 amide bonds. The molecule has 116 valence electrons. The molecule has 0 aliphatic carbocycles. The molecule has 0 bridgehead atoms. The zero-order valence-electron chi connectivity index (χ0n) is 13.8. The van der Waals surface area contributed by atoms with Crippen molar-refractivity contribution in [1.82, 2.24) is 15.1 Å². The smallest absolute Gasteiger partial charge is 0.104 e. The van der Waals surface area contributed by atoms with E-state index in [1.165, 1.54) is 45.6 Å². The number of likely N-dealkylation sites (N-methyl/N-ethyl adjacent to an activating group) is 1. The van der Waals surface area contributed by atoms with Crippen molar-refractivity contribution in [3.05, 3.63) is 0 Å². The van der Waals surface area contributed by atoms with E-state index >= 15 is 0 Å². The first-order valence-corrected chi connectivity index (χ1v) is 8.05. The summed E-state index contributed by atoms with van der Waals surface area (Å²) in [6, 6.07) is 2.79. The van der Waals surface area contributed by atoms with Crippen molar-refractivity contribution in [2.45, 2.75) is 58.0 Å². The molecule has 0 radical (unpaired) electrons. The summed E-state index contributed by atoms with van der Waals surface area (Å²) >= 11 is 0. The van der Waals surface area contributed by atoms with E-state index in [-0.39, 0.29) is 5.54 Å².